The molecule has 0 unspecified atom stereocenters. The lowest BCUT2D eigenvalue weighted by Gasteiger charge is -2.27. The van der Waals surface area contributed by atoms with E-state index in [9.17, 15) is 13.2 Å². The van der Waals surface area contributed by atoms with Crippen LogP contribution in [0.2, 0.25) is 0 Å². The molecule has 6 nitrogen and oxygen atoms in total. The Hall–Kier alpha value is -1.70. The van der Waals surface area contributed by atoms with Crippen LogP contribution >= 0.6 is 0 Å². The molecule has 0 bridgehead atoms. The number of fused-ring (bicyclic) bond motifs is 1. The minimum atomic E-state index is -3.57. The van der Waals surface area contributed by atoms with Crippen LogP contribution in [0.3, 0.4) is 0 Å². The third-order valence-electron chi connectivity index (χ3n) is 3.80. The average Bonchev–Trinajstić information content (AvgIpc) is 2.71. The van der Waals surface area contributed by atoms with E-state index in [1.165, 1.54) is 12.1 Å². The highest BCUT2D eigenvalue weighted by Gasteiger charge is 2.31. The number of carbonyl (C=O) groups is 1. The monoisotopic (exact) mass is 308 g/mol. The summed E-state index contributed by atoms with van der Waals surface area (Å²) in [5.41, 5.74) is 0.569. The second-order valence-electron chi connectivity index (χ2n) is 5.20. The Labute approximate surface area is 123 Å². The Bertz CT molecular complexity index is 718. The zero-order valence-electron chi connectivity index (χ0n) is 11.4. The van der Waals surface area contributed by atoms with Crippen molar-refractivity contribution in [3.05, 3.63) is 34.2 Å². The van der Waals surface area contributed by atoms with Gasteiger partial charge < -0.3 is 10.4 Å². The standard InChI is InChI=1S/C14H16N2O4S/c17-14(18)11-2-1-10-7-12(21(19,20)13(10)8-11)9-16-5-3-15-4-6-16/h1-2,7-8,15H,3-6,9H2,(H,17,18). The van der Waals surface area contributed by atoms with Crippen molar-refractivity contribution in [3.8, 4) is 0 Å². The first-order valence-corrected chi connectivity index (χ1v) is 8.23. The fraction of sp³-hybridized carbons (Fsp3) is 0.357. The number of sulfone groups is 1. The number of hydrogen-bond acceptors (Lipinski definition) is 5. The zero-order chi connectivity index (χ0) is 15.0. The van der Waals surface area contributed by atoms with Crippen molar-refractivity contribution in [3.63, 3.8) is 0 Å². The molecule has 0 spiro atoms. The molecule has 0 radical (unpaired) electrons. The van der Waals surface area contributed by atoms with Crippen molar-refractivity contribution in [2.75, 3.05) is 32.7 Å². The Balaban J connectivity index is 1.90. The average molecular weight is 308 g/mol. The highest BCUT2D eigenvalue weighted by atomic mass is 32.2. The number of hydrogen-bond donors (Lipinski definition) is 2. The molecule has 0 aromatic heterocycles. The van der Waals surface area contributed by atoms with Crippen LogP contribution in [0.15, 0.2) is 28.0 Å². The number of benzene rings is 1. The Morgan fingerprint density at radius 3 is 2.67 bits per heavy atom. The first kappa shape index (κ1) is 14.2. The van der Waals surface area contributed by atoms with Gasteiger partial charge in [0.1, 0.15) is 0 Å². The van der Waals surface area contributed by atoms with E-state index in [0.29, 0.717) is 17.0 Å². The van der Waals surface area contributed by atoms with E-state index in [0.717, 1.165) is 26.2 Å². The van der Waals surface area contributed by atoms with Crippen molar-refractivity contribution in [1.29, 1.82) is 0 Å². The molecule has 0 amide bonds. The van der Waals surface area contributed by atoms with Crippen molar-refractivity contribution in [2.24, 2.45) is 0 Å². The van der Waals surface area contributed by atoms with Crippen molar-refractivity contribution < 1.29 is 18.3 Å². The number of rotatable bonds is 3. The van der Waals surface area contributed by atoms with Gasteiger partial charge in [-0.2, -0.15) is 0 Å². The minimum absolute atomic E-state index is 0.00542. The predicted octanol–water partition coefficient (Wildman–Crippen LogP) is 0.418. The summed E-state index contributed by atoms with van der Waals surface area (Å²) in [4.78, 5) is 13.5. The van der Waals surface area contributed by atoms with Crippen molar-refractivity contribution in [1.82, 2.24) is 10.2 Å². The molecule has 1 saturated heterocycles. The molecule has 2 heterocycles. The van der Waals surface area contributed by atoms with Gasteiger partial charge in [0.15, 0.2) is 0 Å². The maximum absolute atomic E-state index is 12.5. The second kappa shape index (κ2) is 5.25. The Morgan fingerprint density at radius 1 is 1.29 bits per heavy atom. The van der Waals surface area contributed by atoms with Crippen LogP contribution in [0.25, 0.3) is 6.08 Å². The summed E-state index contributed by atoms with van der Waals surface area (Å²) in [5.74, 6) is -1.12. The second-order valence-corrected chi connectivity index (χ2v) is 7.17. The quantitative estimate of drug-likeness (QED) is 0.841. The SMILES string of the molecule is O=C(O)c1ccc2c(c1)S(=O)(=O)C(CN1CCNCC1)=C2. The number of aromatic carboxylic acids is 1. The Kier molecular flexibility index (Phi) is 3.56. The van der Waals surface area contributed by atoms with E-state index in [4.69, 9.17) is 5.11 Å². The third-order valence-corrected chi connectivity index (χ3v) is 5.67. The molecule has 2 aliphatic heterocycles. The molecule has 1 fully saturated rings. The van der Waals surface area contributed by atoms with Crippen LogP contribution in [-0.2, 0) is 9.84 Å². The van der Waals surface area contributed by atoms with Gasteiger partial charge in [-0.1, -0.05) is 6.07 Å². The van der Waals surface area contributed by atoms with Crippen LogP contribution < -0.4 is 5.32 Å². The lowest BCUT2D eigenvalue weighted by molar-refractivity contribution is 0.0696. The topological polar surface area (TPSA) is 86.7 Å². The van der Waals surface area contributed by atoms with Crippen LogP contribution in [0.1, 0.15) is 15.9 Å². The van der Waals surface area contributed by atoms with Gasteiger partial charge >= 0.3 is 5.97 Å². The molecule has 0 saturated carbocycles. The summed E-state index contributed by atoms with van der Waals surface area (Å²) in [5, 5.41) is 12.2. The predicted molar refractivity (Wildman–Crippen MR) is 77.9 cm³/mol. The molecule has 21 heavy (non-hydrogen) atoms. The van der Waals surface area contributed by atoms with Gasteiger partial charge in [0.2, 0.25) is 9.84 Å². The smallest absolute Gasteiger partial charge is 0.335 e. The summed E-state index contributed by atoms with van der Waals surface area (Å²) in [6.45, 7) is 3.70. The van der Waals surface area contributed by atoms with Crippen LogP contribution in [-0.4, -0.2) is 57.1 Å². The van der Waals surface area contributed by atoms with Gasteiger partial charge in [0, 0.05) is 32.7 Å². The first-order valence-electron chi connectivity index (χ1n) is 6.74. The largest absolute Gasteiger partial charge is 0.478 e. The van der Waals surface area contributed by atoms with Crippen molar-refractivity contribution in [2.45, 2.75) is 4.90 Å². The summed E-state index contributed by atoms with van der Waals surface area (Å²) < 4.78 is 25.1. The highest BCUT2D eigenvalue weighted by Crippen LogP contribution is 2.33. The molecule has 3 rings (SSSR count). The van der Waals surface area contributed by atoms with E-state index in [1.807, 2.05) is 0 Å². The minimum Gasteiger partial charge on any atom is -0.478 e. The van der Waals surface area contributed by atoms with Crippen LogP contribution in [0, 0.1) is 0 Å². The number of nitrogens with one attached hydrogen (secondary N) is 1. The lowest BCUT2D eigenvalue weighted by Crippen LogP contribution is -2.44. The summed E-state index contributed by atoms with van der Waals surface area (Å²) in [7, 11) is -3.57. The zero-order valence-corrected chi connectivity index (χ0v) is 12.2. The molecule has 0 atom stereocenters. The molecule has 1 aromatic carbocycles. The normalized spacial score (nSPS) is 20.9. The Morgan fingerprint density at radius 2 is 2.00 bits per heavy atom. The summed E-state index contributed by atoms with van der Waals surface area (Å²) in [6.07, 6.45) is 1.65. The van der Waals surface area contributed by atoms with E-state index in [1.54, 1.807) is 12.1 Å². The first-order chi connectivity index (χ1) is 9.98. The number of carboxylic acids is 1. The van der Waals surface area contributed by atoms with Gasteiger partial charge in [-0.05, 0) is 23.8 Å². The van der Waals surface area contributed by atoms with Gasteiger partial charge in [-0.3, -0.25) is 4.90 Å². The number of nitrogens with zero attached hydrogens (tertiary/aromatic N) is 1. The third kappa shape index (κ3) is 2.59. The molecule has 2 aliphatic rings. The van der Waals surface area contributed by atoms with Gasteiger partial charge in [0.25, 0.3) is 0 Å². The fourth-order valence-electron chi connectivity index (χ4n) is 2.63. The maximum Gasteiger partial charge on any atom is 0.335 e. The highest BCUT2D eigenvalue weighted by molar-refractivity contribution is 7.95. The molecular weight excluding hydrogens is 292 g/mol. The molecule has 112 valence electrons. The lowest BCUT2D eigenvalue weighted by atomic mass is 10.1. The summed E-state index contributed by atoms with van der Waals surface area (Å²) >= 11 is 0. The van der Waals surface area contributed by atoms with E-state index in [-0.39, 0.29) is 10.5 Å². The van der Waals surface area contributed by atoms with E-state index < -0.39 is 15.8 Å². The van der Waals surface area contributed by atoms with Gasteiger partial charge in [-0.25, -0.2) is 13.2 Å². The van der Waals surface area contributed by atoms with E-state index in [2.05, 4.69) is 10.2 Å². The van der Waals surface area contributed by atoms with Crippen LogP contribution in [0.5, 0.6) is 0 Å². The van der Waals surface area contributed by atoms with E-state index >= 15 is 0 Å². The van der Waals surface area contributed by atoms with Gasteiger partial charge in [-0.15, -0.1) is 0 Å². The number of piperazine rings is 1. The molecule has 1 aromatic rings. The molecule has 2 N–H and O–H groups in total. The van der Waals surface area contributed by atoms with Crippen molar-refractivity contribution >= 4 is 21.9 Å². The number of carboxylic acid groups (broad SMARTS) is 1. The molecular formula is C14H16N2O4S. The van der Waals surface area contributed by atoms with Gasteiger partial charge in [0.05, 0.1) is 15.4 Å². The fourth-order valence-corrected chi connectivity index (χ4v) is 4.27. The molecule has 7 heteroatoms. The maximum atomic E-state index is 12.5. The molecule has 0 aliphatic carbocycles. The van der Waals surface area contributed by atoms with Crippen LogP contribution in [0.4, 0.5) is 0 Å². The summed E-state index contributed by atoms with van der Waals surface area (Å²) in [6, 6.07) is 4.23.